The van der Waals surface area contributed by atoms with Crippen molar-refractivity contribution < 1.29 is 9.18 Å². The van der Waals surface area contributed by atoms with Crippen LogP contribution in [0.1, 0.15) is 21.6 Å². The van der Waals surface area contributed by atoms with Gasteiger partial charge in [-0.15, -0.1) is 5.10 Å². The predicted molar refractivity (Wildman–Crippen MR) is 117 cm³/mol. The van der Waals surface area contributed by atoms with E-state index in [1.54, 1.807) is 37.5 Å². The van der Waals surface area contributed by atoms with Gasteiger partial charge in [-0.25, -0.2) is 9.07 Å². The number of halogens is 2. The minimum Gasteiger partial charge on any atom is -0.350 e. The number of aryl methyl sites for hydroxylation is 1. The second kappa shape index (κ2) is 9.06. The molecule has 0 unspecified atom stereocenters. The van der Waals surface area contributed by atoms with Crippen LogP contribution in [0.2, 0.25) is 5.02 Å². The highest BCUT2D eigenvalue weighted by Gasteiger charge is 2.22. The van der Waals surface area contributed by atoms with Crippen molar-refractivity contribution >= 4 is 17.5 Å². The molecule has 0 aliphatic heterocycles. The van der Waals surface area contributed by atoms with Gasteiger partial charge in [0.05, 0.1) is 5.69 Å². The lowest BCUT2D eigenvalue weighted by Crippen LogP contribution is -2.26. The van der Waals surface area contributed by atoms with Crippen molar-refractivity contribution in [2.75, 3.05) is 6.54 Å². The molecule has 0 atom stereocenters. The van der Waals surface area contributed by atoms with Gasteiger partial charge in [0.1, 0.15) is 11.5 Å². The lowest BCUT2D eigenvalue weighted by Gasteiger charge is -2.10. The van der Waals surface area contributed by atoms with Crippen LogP contribution in [0.15, 0.2) is 67.0 Å². The zero-order valence-electron chi connectivity index (χ0n) is 16.7. The van der Waals surface area contributed by atoms with Crippen molar-refractivity contribution in [2.24, 2.45) is 0 Å². The SMILES string of the molecule is Cc1cc(-n2nnc(C(=O)NCCc3ccc(Cl)cc3)c2-c2cccnc2)ccc1F. The molecule has 8 heteroatoms. The molecule has 0 radical (unpaired) electrons. The number of nitrogens with one attached hydrogen (secondary N) is 1. The number of hydrogen-bond donors (Lipinski definition) is 1. The second-order valence-electron chi connectivity index (χ2n) is 7.01. The van der Waals surface area contributed by atoms with Gasteiger partial charge in [0.2, 0.25) is 0 Å². The van der Waals surface area contributed by atoms with Crippen LogP contribution in [0.4, 0.5) is 4.39 Å². The summed E-state index contributed by atoms with van der Waals surface area (Å²) in [5.74, 6) is -0.662. The highest BCUT2D eigenvalue weighted by atomic mass is 35.5. The number of aromatic nitrogens is 4. The fourth-order valence-corrected chi connectivity index (χ4v) is 3.32. The number of pyridine rings is 1. The summed E-state index contributed by atoms with van der Waals surface area (Å²) in [6, 6.07) is 15.7. The Kier molecular flexibility index (Phi) is 6.04. The van der Waals surface area contributed by atoms with Gasteiger partial charge in [0.15, 0.2) is 5.69 Å². The van der Waals surface area contributed by atoms with E-state index < -0.39 is 0 Å². The maximum atomic E-state index is 13.7. The second-order valence-corrected chi connectivity index (χ2v) is 7.44. The van der Waals surface area contributed by atoms with Crippen LogP contribution in [-0.4, -0.2) is 32.4 Å². The number of carbonyl (C=O) groups excluding carboxylic acids is 1. The quantitative estimate of drug-likeness (QED) is 0.487. The van der Waals surface area contributed by atoms with E-state index in [1.807, 2.05) is 30.3 Å². The third-order valence-electron chi connectivity index (χ3n) is 4.82. The number of carbonyl (C=O) groups is 1. The van der Waals surface area contributed by atoms with Crippen molar-refractivity contribution in [3.8, 4) is 16.9 Å². The first-order valence-electron chi connectivity index (χ1n) is 9.68. The predicted octanol–water partition coefficient (Wildman–Crippen LogP) is 4.40. The lowest BCUT2D eigenvalue weighted by molar-refractivity contribution is 0.0949. The number of nitrogens with zero attached hydrogens (tertiary/aromatic N) is 4. The zero-order chi connectivity index (χ0) is 21.8. The van der Waals surface area contributed by atoms with E-state index in [-0.39, 0.29) is 17.4 Å². The molecular formula is C23H19ClFN5O. The van der Waals surface area contributed by atoms with Gasteiger partial charge >= 0.3 is 0 Å². The topological polar surface area (TPSA) is 72.7 Å². The van der Waals surface area contributed by atoms with Crippen LogP contribution in [0, 0.1) is 12.7 Å². The molecule has 0 aliphatic carbocycles. The summed E-state index contributed by atoms with van der Waals surface area (Å²) in [4.78, 5) is 17.1. The Bertz CT molecular complexity index is 1210. The van der Waals surface area contributed by atoms with Crippen LogP contribution < -0.4 is 5.32 Å². The molecular weight excluding hydrogens is 417 g/mol. The Morgan fingerprint density at radius 3 is 2.68 bits per heavy atom. The monoisotopic (exact) mass is 435 g/mol. The molecule has 0 aliphatic rings. The van der Waals surface area contributed by atoms with E-state index in [1.165, 1.54) is 10.7 Å². The largest absolute Gasteiger partial charge is 0.350 e. The molecule has 2 aromatic carbocycles. The van der Waals surface area contributed by atoms with Crippen LogP contribution >= 0.6 is 11.6 Å². The molecule has 4 rings (SSSR count). The van der Waals surface area contributed by atoms with Crippen LogP contribution in [0.3, 0.4) is 0 Å². The molecule has 31 heavy (non-hydrogen) atoms. The third-order valence-corrected chi connectivity index (χ3v) is 5.07. The van der Waals surface area contributed by atoms with Gasteiger partial charge in [-0.1, -0.05) is 28.9 Å². The third kappa shape index (κ3) is 4.62. The first-order chi connectivity index (χ1) is 15.0. The molecule has 0 spiro atoms. The summed E-state index contributed by atoms with van der Waals surface area (Å²) in [7, 11) is 0. The number of rotatable bonds is 6. The minimum atomic E-state index is -0.349. The smallest absolute Gasteiger partial charge is 0.274 e. The summed E-state index contributed by atoms with van der Waals surface area (Å²) >= 11 is 5.91. The van der Waals surface area contributed by atoms with Crippen LogP contribution in [0.5, 0.6) is 0 Å². The highest BCUT2D eigenvalue weighted by Crippen LogP contribution is 2.25. The summed E-state index contributed by atoms with van der Waals surface area (Å²) in [5, 5.41) is 11.8. The average molecular weight is 436 g/mol. The molecule has 156 valence electrons. The van der Waals surface area contributed by atoms with Crippen molar-refractivity contribution in [1.82, 2.24) is 25.3 Å². The van der Waals surface area contributed by atoms with Crippen molar-refractivity contribution in [3.63, 3.8) is 0 Å². The number of hydrogen-bond acceptors (Lipinski definition) is 4. The highest BCUT2D eigenvalue weighted by molar-refractivity contribution is 6.30. The Labute approximate surface area is 183 Å². The molecule has 4 aromatic rings. The standard InChI is InChI=1S/C23H19ClFN5O/c1-15-13-19(8-9-20(15)25)30-22(17-3-2-11-26-14-17)21(28-29-30)23(31)27-12-10-16-4-6-18(24)7-5-16/h2-9,11,13-14H,10,12H2,1H3,(H,27,31). The average Bonchev–Trinajstić information content (AvgIpc) is 3.23. The summed E-state index contributed by atoms with van der Waals surface area (Å²) in [6.45, 7) is 2.10. The normalized spacial score (nSPS) is 10.8. The van der Waals surface area contributed by atoms with Crippen molar-refractivity contribution in [3.05, 3.63) is 94.7 Å². The summed E-state index contributed by atoms with van der Waals surface area (Å²) in [6.07, 6.45) is 3.93. The maximum Gasteiger partial charge on any atom is 0.274 e. The molecule has 1 N–H and O–H groups in total. The minimum absolute atomic E-state index is 0.172. The fourth-order valence-electron chi connectivity index (χ4n) is 3.19. The van der Waals surface area contributed by atoms with Gasteiger partial charge in [0.25, 0.3) is 5.91 Å². The molecule has 2 aromatic heterocycles. The molecule has 1 amide bonds. The Hall–Kier alpha value is -3.58. The lowest BCUT2D eigenvalue weighted by atomic mass is 10.1. The zero-order valence-corrected chi connectivity index (χ0v) is 17.5. The van der Waals surface area contributed by atoms with Gasteiger partial charge in [-0.2, -0.15) is 0 Å². The van der Waals surface area contributed by atoms with E-state index >= 15 is 0 Å². The molecule has 0 saturated heterocycles. The molecule has 0 fully saturated rings. The first-order valence-corrected chi connectivity index (χ1v) is 10.1. The van der Waals surface area contributed by atoms with E-state index in [4.69, 9.17) is 11.6 Å². The molecule has 6 nitrogen and oxygen atoms in total. The first kappa shape index (κ1) is 20.7. The molecule has 0 saturated carbocycles. The van der Waals surface area contributed by atoms with E-state index in [0.717, 1.165) is 5.56 Å². The van der Waals surface area contributed by atoms with Gasteiger partial charge in [0, 0.05) is 29.5 Å². The van der Waals surface area contributed by atoms with E-state index in [2.05, 4.69) is 20.6 Å². The van der Waals surface area contributed by atoms with Crippen molar-refractivity contribution in [2.45, 2.75) is 13.3 Å². The van der Waals surface area contributed by atoms with E-state index in [0.29, 0.717) is 40.5 Å². The van der Waals surface area contributed by atoms with Gasteiger partial charge in [-0.3, -0.25) is 9.78 Å². The van der Waals surface area contributed by atoms with Gasteiger partial charge < -0.3 is 5.32 Å². The van der Waals surface area contributed by atoms with Crippen molar-refractivity contribution in [1.29, 1.82) is 0 Å². The maximum absolute atomic E-state index is 13.7. The van der Waals surface area contributed by atoms with Crippen LogP contribution in [0.25, 0.3) is 16.9 Å². The fraction of sp³-hybridized carbons (Fsp3) is 0.130. The number of amides is 1. The Balaban J connectivity index is 1.62. The number of benzene rings is 2. The summed E-state index contributed by atoms with van der Waals surface area (Å²) < 4.78 is 15.3. The summed E-state index contributed by atoms with van der Waals surface area (Å²) in [5.41, 5.74) is 3.47. The Morgan fingerprint density at radius 2 is 1.97 bits per heavy atom. The van der Waals surface area contributed by atoms with Gasteiger partial charge in [-0.05, 0) is 66.9 Å². The molecule has 0 bridgehead atoms. The molecule has 2 heterocycles. The van der Waals surface area contributed by atoms with Crippen LogP contribution in [-0.2, 0) is 6.42 Å². The van der Waals surface area contributed by atoms with E-state index in [9.17, 15) is 9.18 Å². The Morgan fingerprint density at radius 1 is 1.16 bits per heavy atom.